The van der Waals surface area contributed by atoms with Crippen molar-refractivity contribution in [3.63, 3.8) is 0 Å². The fourth-order valence-electron chi connectivity index (χ4n) is 2.55. The first-order valence-corrected chi connectivity index (χ1v) is 6.92. The average molecular weight is 281 g/mol. The van der Waals surface area contributed by atoms with Crippen LogP contribution in [0.5, 0.6) is 0 Å². The Morgan fingerprint density at radius 2 is 2.12 bits per heavy atom. The Hall–Kier alpha value is -0.540. The van der Waals surface area contributed by atoms with Gasteiger partial charge in [-0.3, -0.25) is 0 Å². The van der Waals surface area contributed by atoms with Gasteiger partial charge in [0.1, 0.15) is 0 Å². The molecule has 1 aromatic carbocycles. The Kier molecular flexibility index (Phi) is 2.90. The number of halogens is 1. The van der Waals surface area contributed by atoms with Gasteiger partial charge in [-0.2, -0.15) is 0 Å². The molecule has 0 radical (unpaired) electrons. The first kappa shape index (κ1) is 10.6. The van der Waals surface area contributed by atoms with Crippen molar-refractivity contribution in [3.8, 4) is 0 Å². The average Bonchev–Trinajstić information content (AvgIpc) is 2.24. The summed E-state index contributed by atoms with van der Waals surface area (Å²) in [4.78, 5) is 0. The van der Waals surface area contributed by atoms with Crippen molar-refractivity contribution in [1.82, 2.24) is 5.32 Å². The van der Waals surface area contributed by atoms with Crippen LogP contribution in [0.3, 0.4) is 0 Å². The van der Waals surface area contributed by atoms with E-state index < -0.39 is 0 Å². The largest absolute Gasteiger partial charge is 0.384 e. The summed E-state index contributed by atoms with van der Waals surface area (Å²) in [5.41, 5.74) is 2.71. The zero-order valence-electron chi connectivity index (χ0n) is 9.30. The van der Waals surface area contributed by atoms with Gasteiger partial charge in [0.15, 0.2) is 0 Å². The molecule has 2 aliphatic rings. The SMILES string of the molecule is Brc1cccc2c1NCCC2NC1CCC1. The highest BCUT2D eigenvalue weighted by Gasteiger charge is 2.26. The summed E-state index contributed by atoms with van der Waals surface area (Å²) in [7, 11) is 0. The summed E-state index contributed by atoms with van der Waals surface area (Å²) in [5, 5.41) is 7.26. The molecule has 0 spiro atoms. The third-order valence-corrected chi connectivity index (χ3v) is 4.36. The minimum Gasteiger partial charge on any atom is -0.384 e. The van der Waals surface area contributed by atoms with Gasteiger partial charge in [-0.05, 0) is 46.8 Å². The van der Waals surface area contributed by atoms with E-state index in [9.17, 15) is 0 Å². The van der Waals surface area contributed by atoms with Crippen LogP contribution in [-0.4, -0.2) is 12.6 Å². The monoisotopic (exact) mass is 280 g/mol. The summed E-state index contributed by atoms with van der Waals surface area (Å²) >= 11 is 3.62. The first-order valence-electron chi connectivity index (χ1n) is 6.13. The lowest BCUT2D eigenvalue weighted by atomic mass is 9.89. The van der Waals surface area contributed by atoms with Crippen LogP contribution in [0.1, 0.15) is 37.3 Å². The molecule has 3 heteroatoms. The summed E-state index contributed by atoms with van der Waals surface area (Å²) in [5.74, 6) is 0. The molecule has 1 saturated carbocycles. The third-order valence-electron chi connectivity index (χ3n) is 3.70. The quantitative estimate of drug-likeness (QED) is 0.867. The van der Waals surface area contributed by atoms with E-state index in [1.165, 1.54) is 41.4 Å². The molecule has 2 N–H and O–H groups in total. The molecule has 1 atom stereocenters. The van der Waals surface area contributed by atoms with Crippen LogP contribution in [0.25, 0.3) is 0 Å². The minimum atomic E-state index is 0.541. The summed E-state index contributed by atoms with van der Waals surface area (Å²) in [6.07, 6.45) is 5.30. The van der Waals surface area contributed by atoms with Gasteiger partial charge in [0.2, 0.25) is 0 Å². The van der Waals surface area contributed by atoms with Gasteiger partial charge in [-0.1, -0.05) is 18.6 Å². The molecule has 1 unspecified atom stereocenters. The van der Waals surface area contributed by atoms with Crippen LogP contribution in [-0.2, 0) is 0 Å². The van der Waals surface area contributed by atoms with Crippen molar-refractivity contribution in [3.05, 3.63) is 28.2 Å². The molecule has 1 aliphatic heterocycles. The fourth-order valence-corrected chi connectivity index (χ4v) is 3.07. The molecule has 86 valence electrons. The Morgan fingerprint density at radius 1 is 1.25 bits per heavy atom. The highest BCUT2D eigenvalue weighted by atomic mass is 79.9. The van der Waals surface area contributed by atoms with Crippen molar-refractivity contribution in [2.75, 3.05) is 11.9 Å². The first-order chi connectivity index (χ1) is 7.84. The zero-order valence-corrected chi connectivity index (χ0v) is 10.9. The van der Waals surface area contributed by atoms with Crippen molar-refractivity contribution in [2.45, 2.75) is 37.8 Å². The number of fused-ring (bicyclic) bond motifs is 1. The maximum absolute atomic E-state index is 3.78. The number of anilines is 1. The fraction of sp³-hybridized carbons (Fsp3) is 0.538. The van der Waals surface area contributed by atoms with Crippen LogP contribution in [0.4, 0.5) is 5.69 Å². The van der Waals surface area contributed by atoms with Crippen molar-refractivity contribution >= 4 is 21.6 Å². The van der Waals surface area contributed by atoms with Crippen molar-refractivity contribution in [1.29, 1.82) is 0 Å². The number of benzene rings is 1. The standard InChI is InChI=1S/C13H17BrN2/c14-11-6-2-5-10-12(7-8-15-13(10)11)16-9-3-1-4-9/h2,5-6,9,12,15-16H,1,3-4,7-8H2. The van der Waals surface area contributed by atoms with Crippen LogP contribution in [0.15, 0.2) is 22.7 Å². The molecule has 0 bridgehead atoms. The Labute approximate surface area is 105 Å². The Bertz CT molecular complexity index is 388. The van der Waals surface area contributed by atoms with Crippen molar-refractivity contribution < 1.29 is 0 Å². The second-order valence-corrected chi connectivity index (χ2v) is 5.62. The number of para-hydroxylation sites is 1. The van der Waals surface area contributed by atoms with E-state index in [1.54, 1.807) is 0 Å². The highest BCUT2D eigenvalue weighted by Crippen LogP contribution is 2.36. The lowest BCUT2D eigenvalue weighted by Crippen LogP contribution is -2.40. The second-order valence-electron chi connectivity index (χ2n) is 4.77. The molecular formula is C13H17BrN2. The molecule has 1 aromatic rings. The van der Waals surface area contributed by atoms with Gasteiger partial charge in [0.05, 0.1) is 5.69 Å². The van der Waals surface area contributed by atoms with Crippen molar-refractivity contribution in [2.24, 2.45) is 0 Å². The Morgan fingerprint density at radius 3 is 2.88 bits per heavy atom. The van der Waals surface area contributed by atoms with E-state index in [2.05, 4.69) is 44.8 Å². The molecule has 1 fully saturated rings. The van der Waals surface area contributed by atoms with Gasteiger partial charge in [0.25, 0.3) is 0 Å². The number of rotatable bonds is 2. The lowest BCUT2D eigenvalue weighted by Gasteiger charge is -2.35. The predicted molar refractivity (Wildman–Crippen MR) is 70.8 cm³/mol. The maximum atomic E-state index is 3.78. The zero-order chi connectivity index (χ0) is 11.0. The van der Waals surface area contributed by atoms with E-state index in [0.29, 0.717) is 6.04 Å². The van der Waals surface area contributed by atoms with Crippen LogP contribution < -0.4 is 10.6 Å². The lowest BCUT2D eigenvalue weighted by molar-refractivity contribution is 0.298. The smallest absolute Gasteiger partial charge is 0.0533 e. The normalized spacial score (nSPS) is 24.4. The maximum Gasteiger partial charge on any atom is 0.0533 e. The molecule has 1 heterocycles. The van der Waals surface area contributed by atoms with Crippen LogP contribution in [0.2, 0.25) is 0 Å². The molecule has 3 rings (SSSR count). The van der Waals surface area contributed by atoms with E-state index >= 15 is 0 Å². The number of hydrogen-bond donors (Lipinski definition) is 2. The highest BCUT2D eigenvalue weighted by molar-refractivity contribution is 9.10. The van der Waals surface area contributed by atoms with E-state index in [0.717, 1.165) is 12.6 Å². The van der Waals surface area contributed by atoms with Gasteiger partial charge in [-0.15, -0.1) is 0 Å². The van der Waals surface area contributed by atoms with Crippen LogP contribution in [0, 0.1) is 0 Å². The van der Waals surface area contributed by atoms with Gasteiger partial charge < -0.3 is 10.6 Å². The van der Waals surface area contributed by atoms with Gasteiger partial charge in [0, 0.05) is 23.1 Å². The summed E-state index contributed by atoms with van der Waals surface area (Å²) in [6, 6.07) is 7.78. The molecular weight excluding hydrogens is 264 g/mol. The van der Waals surface area contributed by atoms with Gasteiger partial charge in [-0.25, -0.2) is 0 Å². The second kappa shape index (κ2) is 4.38. The van der Waals surface area contributed by atoms with E-state index in [-0.39, 0.29) is 0 Å². The van der Waals surface area contributed by atoms with E-state index in [4.69, 9.17) is 0 Å². The topological polar surface area (TPSA) is 24.1 Å². The van der Waals surface area contributed by atoms with Crippen LogP contribution >= 0.6 is 15.9 Å². The summed E-state index contributed by atoms with van der Waals surface area (Å²) in [6.45, 7) is 1.07. The Balaban J connectivity index is 1.84. The molecule has 0 saturated heterocycles. The summed E-state index contributed by atoms with van der Waals surface area (Å²) < 4.78 is 1.19. The van der Waals surface area contributed by atoms with E-state index in [1.807, 2.05) is 0 Å². The predicted octanol–water partition coefficient (Wildman–Crippen LogP) is 3.45. The molecule has 16 heavy (non-hydrogen) atoms. The molecule has 0 amide bonds. The molecule has 1 aliphatic carbocycles. The molecule has 0 aromatic heterocycles. The van der Waals surface area contributed by atoms with Gasteiger partial charge >= 0.3 is 0 Å². The minimum absolute atomic E-state index is 0.541. The number of nitrogens with one attached hydrogen (secondary N) is 2. The third kappa shape index (κ3) is 1.87. The molecule has 2 nitrogen and oxygen atoms in total. The number of hydrogen-bond acceptors (Lipinski definition) is 2.